The number of hydrogen-bond acceptors (Lipinski definition) is 5. The Morgan fingerprint density at radius 2 is 1.55 bits per heavy atom. The Bertz CT molecular complexity index is 1080. The van der Waals surface area contributed by atoms with Crippen molar-refractivity contribution in [2.45, 2.75) is 25.9 Å². The molecule has 3 aromatic rings. The molecule has 0 aliphatic carbocycles. The molecule has 0 atom stereocenters. The minimum absolute atomic E-state index is 0.0815. The van der Waals surface area contributed by atoms with E-state index in [0.29, 0.717) is 25.9 Å². The van der Waals surface area contributed by atoms with Gasteiger partial charge in [-0.3, -0.25) is 4.79 Å². The maximum absolute atomic E-state index is 13.3. The number of ether oxygens (including phenoxy) is 4. The predicted molar refractivity (Wildman–Crippen MR) is 114 cm³/mol. The molecular weight excluding hydrogens is 394 g/mol. The van der Waals surface area contributed by atoms with Gasteiger partial charge in [-0.05, 0) is 35.7 Å². The highest BCUT2D eigenvalue weighted by atomic mass is 16.7. The van der Waals surface area contributed by atoms with Crippen molar-refractivity contribution in [2.24, 2.45) is 0 Å². The fraction of sp³-hybridized carbons (Fsp3) is 0.240. The normalized spacial score (nSPS) is 13.3. The molecule has 3 aromatic carbocycles. The predicted octanol–water partition coefficient (Wildman–Crippen LogP) is 4.31. The van der Waals surface area contributed by atoms with Gasteiger partial charge in [0.05, 0.1) is 0 Å². The fourth-order valence-electron chi connectivity index (χ4n) is 3.86. The molecule has 2 aliphatic heterocycles. The topological polar surface area (TPSA) is 57.2 Å². The van der Waals surface area contributed by atoms with Gasteiger partial charge in [0.25, 0.3) is 0 Å². The summed E-state index contributed by atoms with van der Waals surface area (Å²) in [7, 11) is 0. The molecule has 6 nitrogen and oxygen atoms in total. The molecule has 2 aliphatic rings. The number of nitrogens with zero attached hydrogens (tertiary/aromatic N) is 1. The Labute approximate surface area is 180 Å². The molecule has 6 heteroatoms. The van der Waals surface area contributed by atoms with Gasteiger partial charge in [0.1, 0.15) is 0 Å². The van der Waals surface area contributed by atoms with Crippen molar-refractivity contribution >= 4 is 5.91 Å². The molecule has 5 rings (SSSR count). The summed E-state index contributed by atoms with van der Waals surface area (Å²) in [5.74, 6) is 3.02. The molecular formula is C25H23NO5. The number of amides is 1. The van der Waals surface area contributed by atoms with Crippen molar-refractivity contribution in [3.05, 3.63) is 83.4 Å². The van der Waals surface area contributed by atoms with Gasteiger partial charge in [-0.15, -0.1) is 0 Å². The summed E-state index contributed by atoms with van der Waals surface area (Å²) in [5.41, 5.74) is 3.08. The van der Waals surface area contributed by atoms with Crippen molar-refractivity contribution in [3.63, 3.8) is 0 Å². The molecule has 158 valence electrons. The smallest absolute Gasteiger partial charge is 0.231 e. The highest BCUT2D eigenvalue weighted by Gasteiger charge is 2.22. The Balaban J connectivity index is 1.32. The van der Waals surface area contributed by atoms with E-state index in [9.17, 15) is 4.79 Å². The number of para-hydroxylation sites is 1. The van der Waals surface area contributed by atoms with Crippen LogP contribution < -0.4 is 18.9 Å². The summed E-state index contributed by atoms with van der Waals surface area (Å²) >= 11 is 0. The SMILES string of the molecule is O=C(CCc1ccc2c(c1)OCO2)N(Cc1ccccc1)Cc1cccc2c1OCO2. The minimum atomic E-state index is 0.0815. The monoisotopic (exact) mass is 417 g/mol. The number of hydrogen-bond donors (Lipinski definition) is 0. The number of benzene rings is 3. The van der Waals surface area contributed by atoms with Crippen LogP contribution in [0.2, 0.25) is 0 Å². The average Bonchev–Trinajstić information content (AvgIpc) is 3.47. The van der Waals surface area contributed by atoms with E-state index in [-0.39, 0.29) is 19.5 Å². The lowest BCUT2D eigenvalue weighted by Gasteiger charge is -2.24. The summed E-state index contributed by atoms with van der Waals surface area (Å²) < 4.78 is 22.0. The Morgan fingerprint density at radius 3 is 2.45 bits per heavy atom. The molecule has 2 heterocycles. The molecule has 0 fully saturated rings. The van der Waals surface area contributed by atoms with Crippen LogP contribution in [0, 0.1) is 0 Å². The number of aryl methyl sites for hydroxylation is 1. The standard InChI is InChI=1S/C25H23NO5/c27-24(12-10-18-9-11-21-23(13-18)30-16-28-21)26(14-19-5-2-1-3-6-19)15-20-7-4-8-22-25(20)31-17-29-22/h1-9,11,13H,10,12,14-17H2. The summed E-state index contributed by atoms with van der Waals surface area (Å²) in [6.45, 7) is 1.45. The Morgan fingerprint density at radius 1 is 0.742 bits per heavy atom. The average molecular weight is 417 g/mol. The van der Waals surface area contributed by atoms with Crippen LogP contribution in [-0.4, -0.2) is 24.4 Å². The third kappa shape index (κ3) is 4.28. The highest BCUT2D eigenvalue weighted by Crippen LogP contribution is 2.36. The van der Waals surface area contributed by atoms with Gasteiger partial charge in [-0.2, -0.15) is 0 Å². The van der Waals surface area contributed by atoms with E-state index in [1.807, 2.05) is 71.6 Å². The lowest BCUT2D eigenvalue weighted by Crippen LogP contribution is -2.30. The minimum Gasteiger partial charge on any atom is -0.454 e. The highest BCUT2D eigenvalue weighted by molar-refractivity contribution is 5.76. The van der Waals surface area contributed by atoms with Crippen LogP contribution in [0.4, 0.5) is 0 Å². The van der Waals surface area contributed by atoms with E-state index >= 15 is 0 Å². The van der Waals surface area contributed by atoms with Crippen LogP contribution >= 0.6 is 0 Å². The van der Waals surface area contributed by atoms with Crippen LogP contribution in [0.1, 0.15) is 23.1 Å². The molecule has 0 saturated heterocycles. The number of rotatable bonds is 7. The van der Waals surface area contributed by atoms with Crippen LogP contribution in [-0.2, 0) is 24.3 Å². The molecule has 1 amide bonds. The second-order valence-electron chi connectivity index (χ2n) is 7.57. The van der Waals surface area contributed by atoms with Crippen LogP contribution in [0.25, 0.3) is 0 Å². The molecule has 0 N–H and O–H groups in total. The van der Waals surface area contributed by atoms with E-state index in [4.69, 9.17) is 18.9 Å². The van der Waals surface area contributed by atoms with Gasteiger partial charge >= 0.3 is 0 Å². The number of carbonyl (C=O) groups excluding carboxylic acids is 1. The van der Waals surface area contributed by atoms with Crippen molar-refractivity contribution in [1.29, 1.82) is 0 Å². The summed E-state index contributed by atoms with van der Waals surface area (Å²) in [6, 6.07) is 21.7. The zero-order valence-corrected chi connectivity index (χ0v) is 17.1. The summed E-state index contributed by atoms with van der Waals surface area (Å²) in [6.07, 6.45) is 1.03. The summed E-state index contributed by atoms with van der Waals surface area (Å²) in [4.78, 5) is 15.1. The van der Waals surface area contributed by atoms with Gasteiger partial charge in [0.2, 0.25) is 19.5 Å². The van der Waals surface area contributed by atoms with Crippen LogP contribution in [0.5, 0.6) is 23.0 Å². The van der Waals surface area contributed by atoms with Crippen molar-refractivity contribution in [1.82, 2.24) is 4.90 Å². The molecule has 0 unspecified atom stereocenters. The first kappa shape index (κ1) is 19.3. The second-order valence-corrected chi connectivity index (χ2v) is 7.57. The quantitative estimate of drug-likeness (QED) is 0.574. The summed E-state index contributed by atoms with van der Waals surface area (Å²) in [5, 5.41) is 0. The Kier molecular flexibility index (Phi) is 5.35. The van der Waals surface area contributed by atoms with E-state index < -0.39 is 0 Å². The van der Waals surface area contributed by atoms with Gasteiger partial charge in [0.15, 0.2) is 23.0 Å². The van der Waals surface area contributed by atoms with Gasteiger partial charge in [-0.1, -0.05) is 48.5 Å². The first-order valence-corrected chi connectivity index (χ1v) is 10.3. The van der Waals surface area contributed by atoms with Crippen LogP contribution in [0.15, 0.2) is 66.7 Å². The van der Waals surface area contributed by atoms with Gasteiger partial charge in [-0.25, -0.2) is 0 Å². The van der Waals surface area contributed by atoms with Gasteiger partial charge < -0.3 is 23.8 Å². The zero-order valence-electron chi connectivity index (χ0n) is 17.1. The fourth-order valence-corrected chi connectivity index (χ4v) is 3.86. The van der Waals surface area contributed by atoms with E-state index in [1.165, 1.54) is 0 Å². The first-order chi connectivity index (χ1) is 15.3. The number of fused-ring (bicyclic) bond motifs is 2. The number of carbonyl (C=O) groups is 1. The largest absolute Gasteiger partial charge is 0.454 e. The maximum atomic E-state index is 13.3. The second kappa shape index (κ2) is 8.60. The molecule has 0 saturated carbocycles. The molecule has 0 bridgehead atoms. The van der Waals surface area contributed by atoms with E-state index in [0.717, 1.165) is 39.7 Å². The third-order valence-electron chi connectivity index (χ3n) is 5.47. The van der Waals surface area contributed by atoms with Crippen molar-refractivity contribution in [3.8, 4) is 23.0 Å². The lowest BCUT2D eigenvalue weighted by molar-refractivity contribution is -0.132. The van der Waals surface area contributed by atoms with Crippen LogP contribution in [0.3, 0.4) is 0 Å². The van der Waals surface area contributed by atoms with Crippen molar-refractivity contribution < 1.29 is 23.7 Å². The third-order valence-corrected chi connectivity index (χ3v) is 5.47. The van der Waals surface area contributed by atoms with E-state index in [1.54, 1.807) is 0 Å². The lowest BCUT2D eigenvalue weighted by atomic mass is 10.1. The molecule has 31 heavy (non-hydrogen) atoms. The molecule has 0 aromatic heterocycles. The van der Waals surface area contributed by atoms with Crippen molar-refractivity contribution in [2.75, 3.05) is 13.6 Å². The van der Waals surface area contributed by atoms with Gasteiger partial charge in [0, 0.05) is 25.1 Å². The first-order valence-electron chi connectivity index (χ1n) is 10.3. The molecule has 0 radical (unpaired) electrons. The van der Waals surface area contributed by atoms with E-state index in [2.05, 4.69) is 0 Å². The Hall–Kier alpha value is -3.67. The molecule has 0 spiro atoms. The maximum Gasteiger partial charge on any atom is 0.231 e. The zero-order chi connectivity index (χ0) is 21.0.